The van der Waals surface area contributed by atoms with Gasteiger partial charge >= 0.3 is 0 Å². The summed E-state index contributed by atoms with van der Waals surface area (Å²) in [6, 6.07) is 1.61. The van der Waals surface area contributed by atoms with Crippen molar-refractivity contribution in [3.05, 3.63) is 29.8 Å². The SMILES string of the molecule is CC[C@H]1CN(C(=O)c2ccncc2F)[C@@H](CC)CN1CC(C)(C)O. The highest BCUT2D eigenvalue weighted by Gasteiger charge is 2.37. The maximum atomic E-state index is 14.0. The second-order valence-electron chi connectivity index (χ2n) is 7.18. The van der Waals surface area contributed by atoms with E-state index in [2.05, 4.69) is 16.8 Å². The third kappa shape index (κ3) is 4.30. The average molecular weight is 337 g/mol. The molecule has 1 fully saturated rings. The predicted molar refractivity (Wildman–Crippen MR) is 91.3 cm³/mol. The van der Waals surface area contributed by atoms with E-state index in [1.165, 1.54) is 12.3 Å². The molecule has 0 spiro atoms. The summed E-state index contributed by atoms with van der Waals surface area (Å²) in [6.07, 6.45) is 4.18. The van der Waals surface area contributed by atoms with Gasteiger partial charge in [-0.25, -0.2) is 4.39 Å². The first-order valence-corrected chi connectivity index (χ1v) is 8.63. The lowest BCUT2D eigenvalue weighted by Crippen LogP contribution is -2.61. The fourth-order valence-electron chi connectivity index (χ4n) is 3.39. The molecule has 1 aromatic rings. The van der Waals surface area contributed by atoms with Crippen molar-refractivity contribution in [1.82, 2.24) is 14.8 Å². The summed E-state index contributed by atoms with van der Waals surface area (Å²) in [5.41, 5.74) is -0.705. The van der Waals surface area contributed by atoms with Gasteiger partial charge in [0.05, 0.1) is 17.4 Å². The van der Waals surface area contributed by atoms with Crippen LogP contribution in [0.1, 0.15) is 50.9 Å². The molecule has 1 saturated heterocycles. The summed E-state index contributed by atoms with van der Waals surface area (Å²) in [7, 11) is 0. The lowest BCUT2D eigenvalue weighted by Gasteiger charge is -2.47. The Kier molecular flexibility index (Phi) is 5.93. The number of amides is 1. The Morgan fingerprint density at radius 3 is 2.54 bits per heavy atom. The first kappa shape index (κ1) is 18.8. The molecule has 2 atom stereocenters. The highest BCUT2D eigenvalue weighted by Crippen LogP contribution is 2.24. The number of aliphatic hydroxyl groups is 1. The van der Waals surface area contributed by atoms with Crippen molar-refractivity contribution in [3.63, 3.8) is 0 Å². The Labute approximate surface area is 143 Å². The van der Waals surface area contributed by atoms with Crippen LogP contribution < -0.4 is 0 Å². The fourth-order valence-corrected chi connectivity index (χ4v) is 3.39. The van der Waals surface area contributed by atoms with E-state index in [0.717, 1.165) is 19.0 Å². The molecule has 5 nitrogen and oxygen atoms in total. The minimum Gasteiger partial charge on any atom is -0.389 e. The number of rotatable bonds is 5. The second-order valence-corrected chi connectivity index (χ2v) is 7.18. The fraction of sp³-hybridized carbons (Fsp3) is 0.667. The number of piperazine rings is 1. The van der Waals surface area contributed by atoms with E-state index in [0.29, 0.717) is 19.6 Å². The minimum absolute atomic E-state index is 0.00946. The molecule has 1 aliphatic rings. The molecule has 1 aromatic heterocycles. The number of hydrogen-bond donors (Lipinski definition) is 1. The second kappa shape index (κ2) is 7.57. The minimum atomic E-state index is -0.783. The Balaban J connectivity index is 2.22. The lowest BCUT2D eigenvalue weighted by atomic mass is 9.98. The van der Waals surface area contributed by atoms with E-state index in [1.807, 2.05) is 6.92 Å². The molecule has 134 valence electrons. The van der Waals surface area contributed by atoms with Gasteiger partial charge in [-0.05, 0) is 32.8 Å². The van der Waals surface area contributed by atoms with Crippen molar-refractivity contribution in [2.45, 2.75) is 58.2 Å². The average Bonchev–Trinajstić information content (AvgIpc) is 2.52. The molecule has 0 saturated carbocycles. The van der Waals surface area contributed by atoms with Crippen LogP contribution in [0, 0.1) is 5.82 Å². The zero-order valence-corrected chi connectivity index (χ0v) is 15.0. The number of hydrogen-bond acceptors (Lipinski definition) is 4. The largest absolute Gasteiger partial charge is 0.389 e. The first-order chi connectivity index (χ1) is 11.3. The van der Waals surface area contributed by atoms with Gasteiger partial charge in [0.1, 0.15) is 0 Å². The zero-order valence-electron chi connectivity index (χ0n) is 15.0. The molecule has 0 bridgehead atoms. The molecule has 2 rings (SSSR count). The summed E-state index contributed by atoms with van der Waals surface area (Å²) >= 11 is 0. The Morgan fingerprint density at radius 1 is 1.33 bits per heavy atom. The van der Waals surface area contributed by atoms with Gasteiger partial charge in [0.15, 0.2) is 5.82 Å². The molecular formula is C18H28FN3O2. The van der Waals surface area contributed by atoms with Crippen LogP contribution in [0.25, 0.3) is 0 Å². The quantitative estimate of drug-likeness (QED) is 0.896. The highest BCUT2D eigenvalue weighted by molar-refractivity contribution is 5.94. The van der Waals surface area contributed by atoms with Crippen molar-refractivity contribution >= 4 is 5.91 Å². The van der Waals surface area contributed by atoms with Gasteiger partial charge in [-0.1, -0.05) is 13.8 Å². The van der Waals surface area contributed by atoms with E-state index >= 15 is 0 Å². The van der Waals surface area contributed by atoms with Crippen LogP contribution in [0.15, 0.2) is 18.5 Å². The molecule has 0 unspecified atom stereocenters. The Hall–Kier alpha value is -1.53. The smallest absolute Gasteiger partial charge is 0.257 e. The Bertz CT molecular complexity index is 574. The maximum absolute atomic E-state index is 14.0. The van der Waals surface area contributed by atoms with Crippen LogP contribution in [0.2, 0.25) is 0 Å². The summed E-state index contributed by atoms with van der Waals surface area (Å²) in [4.78, 5) is 20.6. The van der Waals surface area contributed by atoms with Crippen LogP contribution in [-0.4, -0.2) is 63.1 Å². The molecule has 6 heteroatoms. The molecule has 1 aliphatic heterocycles. The molecule has 0 aromatic carbocycles. The molecule has 0 radical (unpaired) electrons. The number of carbonyl (C=O) groups excluding carboxylic acids is 1. The number of nitrogens with zero attached hydrogens (tertiary/aromatic N) is 3. The lowest BCUT2D eigenvalue weighted by molar-refractivity contribution is -0.0238. The van der Waals surface area contributed by atoms with Gasteiger partial charge < -0.3 is 10.0 Å². The molecule has 1 N–H and O–H groups in total. The van der Waals surface area contributed by atoms with Crippen molar-refractivity contribution in [1.29, 1.82) is 0 Å². The maximum Gasteiger partial charge on any atom is 0.257 e. The van der Waals surface area contributed by atoms with Crippen LogP contribution in [0.3, 0.4) is 0 Å². The Morgan fingerprint density at radius 2 is 2.00 bits per heavy atom. The summed E-state index contributed by atoms with van der Waals surface area (Å²) < 4.78 is 14.0. The van der Waals surface area contributed by atoms with Crippen LogP contribution in [0.4, 0.5) is 4.39 Å². The monoisotopic (exact) mass is 337 g/mol. The van der Waals surface area contributed by atoms with Gasteiger partial charge in [0, 0.05) is 37.9 Å². The summed E-state index contributed by atoms with van der Waals surface area (Å²) in [5, 5.41) is 10.2. The summed E-state index contributed by atoms with van der Waals surface area (Å²) in [6.45, 7) is 9.50. The summed E-state index contributed by atoms with van der Waals surface area (Å²) in [5.74, 6) is -0.854. The van der Waals surface area contributed by atoms with E-state index in [1.54, 1.807) is 18.7 Å². The van der Waals surface area contributed by atoms with Crippen LogP contribution >= 0.6 is 0 Å². The highest BCUT2D eigenvalue weighted by atomic mass is 19.1. The number of β-amino-alcohol motifs (C(OH)–C–C–N with tert-alkyl or cyclic N) is 1. The van der Waals surface area contributed by atoms with Gasteiger partial charge in [-0.15, -0.1) is 0 Å². The number of carbonyl (C=O) groups is 1. The van der Waals surface area contributed by atoms with Crippen molar-refractivity contribution < 1.29 is 14.3 Å². The topological polar surface area (TPSA) is 56.7 Å². The number of halogens is 1. The third-order valence-electron chi connectivity index (χ3n) is 4.61. The first-order valence-electron chi connectivity index (χ1n) is 8.63. The number of pyridine rings is 1. The van der Waals surface area contributed by atoms with Gasteiger partial charge in [0.2, 0.25) is 0 Å². The standard InChI is InChI=1S/C18H28FN3O2/c1-5-13-11-22(17(23)15-7-8-20-9-16(15)19)14(6-2)10-21(13)12-18(3,4)24/h7-9,13-14,24H,5-6,10-12H2,1-4H3/t13-,14-/m0/s1. The molecule has 1 amide bonds. The van der Waals surface area contributed by atoms with E-state index < -0.39 is 11.4 Å². The van der Waals surface area contributed by atoms with E-state index in [9.17, 15) is 14.3 Å². The van der Waals surface area contributed by atoms with Crippen molar-refractivity contribution in [3.8, 4) is 0 Å². The van der Waals surface area contributed by atoms with Gasteiger partial charge in [-0.2, -0.15) is 0 Å². The molecule has 2 heterocycles. The molecule has 0 aliphatic carbocycles. The van der Waals surface area contributed by atoms with Crippen molar-refractivity contribution in [2.24, 2.45) is 0 Å². The normalized spacial score (nSPS) is 22.7. The third-order valence-corrected chi connectivity index (χ3v) is 4.61. The predicted octanol–water partition coefficient (Wildman–Crippen LogP) is 2.31. The van der Waals surface area contributed by atoms with Crippen molar-refractivity contribution in [2.75, 3.05) is 19.6 Å². The molecular weight excluding hydrogens is 309 g/mol. The van der Waals surface area contributed by atoms with Crippen LogP contribution in [-0.2, 0) is 0 Å². The molecule has 24 heavy (non-hydrogen) atoms. The van der Waals surface area contributed by atoms with E-state index in [4.69, 9.17) is 0 Å². The van der Waals surface area contributed by atoms with Crippen LogP contribution in [0.5, 0.6) is 0 Å². The van der Waals surface area contributed by atoms with E-state index in [-0.39, 0.29) is 23.6 Å². The number of aromatic nitrogens is 1. The van der Waals surface area contributed by atoms with Gasteiger partial charge in [0.25, 0.3) is 5.91 Å². The van der Waals surface area contributed by atoms with Gasteiger partial charge in [-0.3, -0.25) is 14.7 Å². The zero-order chi connectivity index (χ0) is 17.9.